The van der Waals surface area contributed by atoms with Gasteiger partial charge in [-0.15, -0.1) is 0 Å². The van der Waals surface area contributed by atoms with E-state index < -0.39 is 0 Å². The van der Waals surface area contributed by atoms with Gasteiger partial charge >= 0.3 is 0 Å². The van der Waals surface area contributed by atoms with Gasteiger partial charge in [0.2, 0.25) is 0 Å². The molecule has 0 amide bonds. The van der Waals surface area contributed by atoms with Gasteiger partial charge in [-0.25, -0.2) is 0 Å². The van der Waals surface area contributed by atoms with E-state index in [2.05, 4.69) is 5.32 Å². The zero-order valence-electron chi connectivity index (χ0n) is 4.93. The molecule has 2 atom stereocenters. The largest absolute Gasteiger partial charge is 0.327 e. The van der Waals surface area contributed by atoms with Crippen molar-refractivity contribution in [3.8, 4) is 0 Å². The summed E-state index contributed by atoms with van der Waals surface area (Å²) in [5.41, 5.74) is 11.1. The van der Waals surface area contributed by atoms with E-state index in [1.165, 1.54) is 0 Å². The summed E-state index contributed by atoms with van der Waals surface area (Å²) in [6.45, 7) is 0.876. The number of hydrogen-bond acceptors (Lipinski definition) is 3. The highest BCUT2D eigenvalue weighted by atomic mass is 15.0. The van der Waals surface area contributed by atoms with E-state index in [0.29, 0.717) is 6.04 Å². The minimum absolute atomic E-state index is 0.190. The molecule has 48 valence electrons. The molecule has 0 aromatic rings. The second kappa shape index (κ2) is 2.44. The first-order valence-corrected chi connectivity index (χ1v) is 3.03. The fourth-order valence-corrected chi connectivity index (χ4v) is 0.901. The highest BCUT2D eigenvalue weighted by molar-refractivity contribution is 4.75. The van der Waals surface area contributed by atoms with Crippen LogP contribution in [0.3, 0.4) is 0 Å². The topological polar surface area (TPSA) is 64.1 Å². The lowest BCUT2D eigenvalue weighted by Crippen LogP contribution is -2.49. The van der Waals surface area contributed by atoms with Gasteiger partial charge in [-0.05, 0) is 12.8 Å². The lowest BCUT2D eigenvalue weighted by Gasteiger charge is -2.24. The maximum Gasteiger partial charge on any atom is 0.0547 e. The highest BCUT2D eigenvalue weighted by Crippen LogP contribution is 2.00. The van der Waals surface area contributed by atoms with Gasteiger partial charge < -0.3 is 16.8 Å². The van der Waals surface area contributed by atoms with Crippen LogP contribution in [0.5, 0.6) is 0 Å². The van der Waals surface area contributed by atoms with Crippen molar-refractivity contribution in [3.63, 3.8) is 0 Å². The van der Waals surface area contributed by atoms with Crippen LogP contribution in [0.4, 0.5) is 0 Å². The number of piperidine rings is 1. The third kappa shape index (κ3) is 1.43. The second-order valence-corrected chi connectivity index (χ2v) is 2.35. The Morgan fingerprint density at radius 3 is 2.38 bits per heavy atom. The number of hydrogen-bond donors (Lipinski definition) is 3. The van der Waals surface area contributed by atoms with E-state index >= 15 is 0 Å². The lowest BCUT2D eigenvalue weighted by atomic mass is 10.1. The Hall–Kier alpha value is -0.120. The molecule has 1 heterocycles. The molecule has 0 radical (unpaired) electrons. The van der Waals surface area contributed by atoms with Gasteiger partial charge in [-0.3, -0.25) is 0 Å². The van der Waals surface area contributed by atoms with Crippen molar-refractivity contribution in [1.29, 1.82) is 0 Å². The van der Waals surface area contributed by atoms with E-state index in [0.717, 1.165) is 19.4 Å². The SMILES string of the molecule is NC1CCC(N)NC1. The molecule has 0 aliphatic carbocycles. The third-order valence-electron chi connectivity index (χ3n) is 1.49. The molecule has 1 aliphatic heterocycles. The van der Waals surface area contributed by atoms with Crippen molar-refractivity contribution in [3.05, 3.63) is 0 Å². The predicted molar refractivity (Wildman–Crippen MR) is 33.2 cm³/mol. The molecule has 1 fully saturated rings. The molecule has 3 nitrogen and oxygen atoms in total. The fraction of sp³-hybridized carbons (Fsp3) is 1.00. The Labute approximate surface area is 49.4 Å². The maximum atomic E-state index is 5.58. The number of nitrogens with one attached hydrogen (secondary N) is 1. The van der Waals surface area contributed by atoms with Crippen LogP contribution in [-0.4, -0.2) is 18.8 Å². The van der Waals surface area contributed by atoms with E-state index in [1.807, 2.05) is 0 Å². The van der Waals surface area contributed by atoms with Crippen LogP contribution in [0.25, 0.3) is 0 Å². The van der Waals surface area contributed by atoms with Crippen molar-refractivity contribution in [2.24, 2.45) is 11.5 Å². The Balaban J connectivity index is 2.19. The molecule has 3 heteroatoms. The molecular formula is C5H13N3. The van der Waals surface area contributed by atoms with Crippen LogP contribution < -0.4 is 16.8 Å². The summed E-state index contributed by atoms with van der Waals surface area (Å²) in [5.74, 6) is 0. The number of rotatable bonds is 0. The van der Waals surface area contributed by atoms with Gasteiger partial charge in [0.25, 0.3) is 0 Å². The van der Waals surface area contributed by atoms with E-state index in [-0.39, 0.29) is 6.17 Å². The average molecular weight is 115 g/mol. The maximum absolute atomic E-state index is 5.58. The normalized spacial score (nSPS) is 39.8. The minimum Gasteiger partial charge on any atom is -0.327 e. The molecule has 5 N–H and O–H groups in total. The molecule has 0 aromatic heterocycles. The van der Waals surface area contributed by atoms with E-state index in [9.17, 15) is 0 Å². The Kier molecular flexibility index (Phi) is 1.83. The quantitative estimate of drug-likeness (QED) is 0.379. The fourth-order valence-electron chi connectivity index (χ4n) is 0.901. The molecule has 1 saturated heterocycles. The van der Waals surface area contributed by atoms with Crippen molar-refractivity contribution < 1.29 is 0 Å². The zero-order chi connectivity index (χ0) is 5.98. The number of nitrogens with two attached hydrogens (primary N) is 2. The third-order valence-corrected chi connectivity index (χ3v) is 1.49. The highest BCUT2D eigenvalue weighted by Gasteiger charge is 2.12. The van der Waals surface area contributed by atoms with Gasteiger partial charge in [-0.2, -0.15) is 0 Å². The zero-order valence-corrected chi connectivity index (χ0v) is 4.93. The van der Waals surface area contributed by atoms with Crippen molar-refractivity contribution in [2.45, 2.75) is 25.0 Å². The van der Waals surface area contributed by atoms with Crippen LogP contribution in [0.15, 0.2) is 0 Å². The molecule has 1 aliphatic rings. The summed E-state index contributed by atoms with van der Waals surface area (Å²) in [5, 5.41) is 3.08. The summed E-state index contributed by atoms with van der Waals surface area (Å²) in [7, 11) is 0. The van der Waals surface area contributed by atoms with Crippen LogP contribution in [0.1, 0.15) is 12.8 Å². The Morgan fingerprint density at radius 1 is 1.25 bits per heavy atom. The van der Waals surface area contributed by atoms with Crippen LogP contribution >= 0.6 is 0 Å². The molecule has 1 rings (SSSR count). The van der Waals surface area contributed by atoms with Crippen molar-refractivity contribution in [2.75, 3.05) is 6.54 Å². The van der Waals surface area contributed by atoms with Crippen LogP contribution in [-0.2, 0) is 0 Å². The molecular weight excluding hydrogens is 102 g/mol. The first kappa shape index (κ1) is 6.01. The summed E-state index contributed by atoms with van der Waals surface area (Å²) in [4.78, 5) is 0. The second-order valence-electron chi connectivity index (χ2n) is 2.35. The lowest BCUT2D eigenvalue weighted by molar-refractivity contribution is 0.373. The van der Waals surface area contributed by atoms with Crippen LogP contribution in [0, 0.1) is 0 Å². The average Bonchev–Trinajstić information content (AvgIpc) is 1.77. The summed E-state index contributed by atoms with van der Waals surface area (Å²) < 4.78 is 0. The monoisotopic (exact) mass is 115 g/mol. The molecule has 2 unspecified atom stereocenters. The Morgan fingerprint density at radius 2 is 2.00 bits per heavy atom. The first-order valence-electron chi connectivity index (χ1n) is 3.03. The first-order chi connectivity index (χ1) is 3.79. The Bertz CT molecular complexity index is 56.1. The van der Waals surface area contributed by atoms with E-state index in [1.54, 1.807) is 0 Å². The minimum atomic E-state index is 0.190. The van der Waals surface area contributed by atoms with Crippen LogP contribution in [0.2, 0.25) is 0 Å². The molecule has 0 bridgehead atoms. The predicted octanol–water partition coefficient (Wildman–Crippen LogP) is -1.02. The molecule has 0 aromatic carbocycles. The van der Waals surface area contributed by atoms with Gasteiger partial charge in [0.05, 0.1) is 6.17 Å². The summed E-state index contributed by atoms with van der Waals surface area (Å²) in [6.07, 6.45) is 2.27. The standard InChI is InChI=1S/C5H13N3/c6-4-1-2-5(7)8-3-4/h4-5,8H,1-3,6-7H2. The molecule has 8 heavy (non-hydrogen) atoms. The summed E-state index contributed by atoms with van der Waals surface area (Å²) >= 11 is 0. The molecule has 0 spiro atoms. The van der Waals surface area contributed by atoms with Gasteiger partial charge in [0, 0.05) is 12.6 Å². The molecule has 0 saturated carbocycles. The van der Waals surface area contributed by atoms with E-state index in [4.69, 9.17) is 11.5 Å². The van der Waals surface area contributed by atoms with Crippen molar-refractivity contribution >= 4 is 0 Å². The van der Waals surface area contributed by atoms with Crippen molar-refractivity contribution in [1.82, 2.24) is 5.32 Å². The summed E-state index contributed by atoms with van der Waals surface area (Å²) in [6, 6.07) is 0.329. The van der Waals surface area contributed by atoms with Gasteiger partial charge in [-0.1, -0.05) is 0 Å². The van der Waals surface area contributed by atoms with Gasteiger partial charge in [0.1, 0.15) is 0 Å². The van der Waals surface area contributed by atoms with Gasteiger partial charge in [0.15, 0.2) is 0 Å². The smallest absolute Gasteiger partial charge is 0.0547 e.